The highest BCUT2D eigenvalue weighted by atomic mass is 32.2. The zero-order valence-corrected chi connectivity index (χ0v) is 20.3. The second-order valence-electron chi connectivity index (χ2n) is 8.24. The molecule has 0 radical (unpaired) electrons. The van der Waals surface area contributed by atoms with Crippen LogP contribution >= 0.6 is 11.8 Å². The molecule has 3 aromatic rings. The number of carbonyl (C=O) groups is 2. The lowest BCUT2D eigenvalue weighted by Gasteiger charge is -2.34. The lowest BCUT2D eigenvalue weighted by molar-refractivity contribution is -0.130. The highest BCUT2D eigenvalue weighted by molar-refractivity contribution is 7.99. The van der Waals surface area contributed by atoms with Crippen LogP contribution < -0.4 is 5.32 Å². The number of aromatic nitrogens is 2. The van der Waals surface area contributed by atoms with Crippen molar-refractivity contribution in [3.63, 3.8) is 0 Å². The van der Waals surface area contributed by atoms with E-state index in [1.165, 1.54) is 11.8 Å². The summed E-state index contributed by atoms with van der Waals surface area (Å²) in [7, 11) is 0. The van der Waals surface area contributed by atoms with E-state index in [2.05, 4.69) is 27.3 Å². The third-order valence-corrected chi connectivity index (χ3v) is 6.59. The number of thioether (sulfide) groups is 1. The van der Waals surface area contributed by atoms with E-state index in [1.54, 1.807) is 0 Å². The van der Waals surface area contributed by atoms with Crippen molar-refractivity contribution < 1.29 is 14.0 Å². The molecule has 0 saturated carbocycles. The van der Waals surface area contributed by atoms with Crippen molar-refractivity contribution in [1.29, 1.82) is 0 Å². The van der Waals surface area contributed by atoms with Crippen molar-refractivity contribution in [3.8, 4) is 11.5 Å². The predicted octanol–water partition coefficient (Wildman–Crippen LogP) is 3.48. The van der Waals surface area contributed by atoms with E-state index in [1.807, 2.05) is 60.4 Å². The molecule has 9 heteroatoms. The van der Waals surface area contributed by atoms with E-state index in [0.717, 1.165) is 28.8 Å². The zero-order valence-electron chi connectivity index (χ0n) is 19.5. The van der Waals surface area contributed by atoms with Gasteiger partial charge in [0.25, 0.3) is 5.22 Å². The normalized spacial score (nSPS) is 14.2. The van der Waals surface area contributed by atoms with Crippen molar-refractivity contribution in [2.45, 2.75) is 25.5 Å². The van der Waals surface area contributed by atoms with Crippen LogP contribution in [0.15, 0.2) is 58.2 Å². The number of piperazine rings is 1. The fraction of sp³-hybridized carbons (Fsp3) is 0.360. The van der Waals surface area contributed by atoms with Gasteiger partial charge in [-0.25, -0.2) is 0 Å². The summed E-state index contributed by atoms with van der Waals surface area (Å²) in [4.78, 5) is 29.0. The number of hydrogen-bond donors (Lipinski definition) is 1. The summed E-state index contributed by atoms with van der Waals surface area (Å²) in [5, 5.41) is 11.5. The molecule has 0 bridgehead atoms. The molecule has 1 N–H and O–H groups in total. The van der Waals surface area contributed by atoms with Gasteiger partial charge in [0.2, 0.25) is 17.7 Å². The first-order valence-electron chi connectivity index (χ1n) is 11.4. The Kier molecular flexibility index (Phi) is 7.97. The topological polar surface area (TPSA) is 91.6 Å². The molecule has 8 nitrogen and oxygen atoms in total. The lowest BCUT2D eigenvalue weighted by atomic mass is 10.1. The molecule has 0 aliphatic carbocycles. The van der Waals surface area contributed by atoms with E-state index < -0.39 is 0 Å². The molecule has 2 heterocycles. The van der Waals surface area contributed by atoms with Gasteiger partial charge < -0.3 is 14.6 Å². The van der Waals surface area contributed by atoms with Crippen LogP contribution in [0.25, 0.3) is 11.5 Å². The van der Waals surface area contributed by atoms with Crippen LogP contribution in [0.5, 0.6) is 0 Å². The number of hydrogen-bond acceptors (Lipinski definition) is 7. The van der Waals surface area contributed by atoms with Crippen LogP contribution in [-0.2, 0) is 16.0 Å². The molecule has 0 unspecified atom stereocenters. The van der Waals surface area contributed by atoms with Gasteiger partial charge >= 0.3 is 0 Å². The largest absolute Gasteiger partial charge is 0.411 e. The Morgan fingerprint density at radius 3 is 2.50 bits per heavy atom. The Morgan fingerprint density at radius 2 is 1.76 bits per heavy atom. The Morgan fingerprint density at radius 1 is 1.03 bits per heavy atom. The van der Waals surface area contributed by atoms with Gasteiger partial charge in [-0.3, -0.25) is 14.5 Å². The van der Waals surface area contributed by atoms with Gasteiger partial charge in [-0.2, -0.15) is 0 Å². The summed E-state index contributed by atoms with van der Waals surface area (Å²) in [5.74, 6) is 0.686. The molecule has 178 valence electrons. The van der Waals surface area contributed by atoms with Crippen molar-refractivity contribution in [3.05, 3.63) is 59.7 Å². The van der Waals surface area contributed by atoms with E-state index in [-0.39, 0.29) is 17.6 Å². The predicted molar refractivity (Wildman–Crippen MR) is 133 cm³/mol. The Balaban J connectivity index is 1.20. The van der Waals surface area contributed by atoms with Gasteiger partial charge in [-0.1, -0.05) is 54.6 Å². The van der Waals surface area contributed by atoms with Crippen LogP contribution in [0.3, 0.4) is 0 Å². The first-order chi connectivity index (χ1) is 16.5. The van der Waals surface area contributed by atoms with Crippen LogP contribution in [-0.4, -0.2) is 70.3 Å². The number of aryl methyl sites for hydroxylation is 2. The number of anilines is 1. The maximum absolute atomic E-state index is 12.6. The molecule has 1 aliphatic heterocycles. The molecular formula is C25H29N5O3S. The molecule has 1 fully saturated rings. The van der Waals surface area contributed by atoms with E-state index in [0.29, 0.717) is 43.8 Å². The summed E-state index contributed by atoms with van der Waals surface area (Å²) in [6.07, 6.45) is 0.867. The molecule has 2 amide bonds. The van der Waals surface area contributed by atoms with Gasteiger partial charge in [0, 0.05) is 37.4 Å². The van der Waals surface area contributed by atoms with Gasteiger partial charge in [0.05, 0.1) is 12.3 Å². The highest BCUT2D eigenvalue weighted by Gasteiger charge is 2.23. The third kappa shape index (κ3) is 6.24. The minimum atomic E-state index is -0.0305. The number of benzene rings is 2. The first kappa shape index (κ1) is 24.0. The molecule has 34 heavy (non-hydrogen) atoms. The van der Waals surface area contributed by atoms with Crippen molar-refractivity contribution >= 4 is 29.3 Å². The molecule has 1 aliphatic rings. The molecule has 2 aromatic carbocycles. The van der Waals surface area contributed by atoms with E-state index in [4.69, 9.17) is 4.42 Å². The molecule has 1 aromatic heterocycles. The molecule has 0 atom stereocenters. The van der Waals surface area contributed by atoms with Gasteiger partial charge in [-0.15, -0.1) is 10.2 Å². The van der Waals surface area contributed by atoms with E-state index in [9.17, 15) is 9.59 Å². The van der Waals surface area contributed by atoms with Crippen molar-refractivity contribution in [2.24, 2.45) is 0 Å². The lowest BCUT2D eigenvalue weighted by Crippen LogP contribution is -2.50. The summed E-state index contributed by atoms with van der Waals surface area (Å²) >= 11 is 1.25. The van der Waals surface area contributed by atoms with Crippen LogP contribution in [0.1, 0.15) is 18.1 Å². The zero-order chi connectivity index (χ0) is 23.9. The summed E-state index contributed by atoms with van der Waals surface area (Å²) in [6, 6.07) is 15.7. The standard InChI is InChI=1S/C25H29N5O3S/c1-3-19-6-4-5-7-21(19)26-22(31)16-29-12-14-30(15-13-29)23(32)17-34-25-28-27-24(33-25)20-10-8-18(2)9-11-20/h4-11H,3,12-17H2,1-2H3,(H,26,31). The number of nitrogens with zero attached hydrogens (tertiary/aromatic N) is 4. The second-order valence-corrected chi connectivity index (χ2v) is 9.17. The maximum atomic E-state index is 12.6. The fourth-order valence-electron chi connectivity index (χ4n) is 3.79. The minimum absolute atomic E-state index is 0.0288. The van der Waals surface area contributed by atoms with Gasteiger partial charge in [0.15, 0.2) is 0 Å². The smallest absolute Gasteiger partial charge is 0.277 e. The summed E-state index contributed by atoms with van der Waals surface area (Å²) in [6.45, 7) is 6.92. The average Bonchev–Trinajstić information content (AvgIpc) is 3.33. The minimum Gasteiger partial charge on any atom is -0.411 e. The Hall–Kier alpha value is -3.17. The van der Waals surface area contributed by atoms with Crippen LogP contribution in [0, 0.1) is 6.92 Å². The number of nitrogens with one attached hydrogen (secondary N) is 1. The third-order valence-electron chi connectivity index (χ3n) is 5.79. The monoisotopic (exact) mass is 479 g/mol. The highest BCUT2D eigenvalue weighted by Crippen LogP contribution is 2.24. The van der Waals surface area contributed by atoms with Crippen LogP contribution in [0.4, 0.5) is 5.69 Å². The number of rotatable bonds is 8. The fourth-order valence-corrected chi connectivity index (χ4v) is 4.46. The van der Waals surface area contributed by atoms with Crippen molar-refractivity contribution in [2.75, 3.05) is 43.8 Å². The Labute approximate surface area is 203 Å². The SMILES string of the molecule is CCc1ccccc1NC(=O)CN1CCN(C(=O)CSc2nnc(-c3ccc(C)cc3)o2)CC1. The molecular weight excluding hydrogens is 450 g/mol. The second kappa shape index (κ2) is 11.3. The van der Waals surface area contributed by atoms with Crippen molar-refractivity contribution in [1.82, 2.24) is 20.0 Å². The maximum Gasteiger partial charge on any atom is 0.277 e. The molecule has 1 saturated heterocycles. The number of carbonyl (C=O) groups excluding carboxylic acids is 2. The number of amides is 2. The van der Waals surface area contributed by atoms with E-state index >= 15 is 0 Å². The molecule has 0 spiro atoms. The Bertz CT molecular complexity index is 1120. The average molecular weight is 480 g/mol. The summed E-state index contributed by atoms with van der Waals surface area (Å²) in [5.41, 5.74) is 4.00. The molecule has 4 rings (SSSR count). The van der Waals surface area contributed by atoms with Crippen LogP contribution in [0.2, 0.25) is 0 Å². The number of para-hydroxylation sites is 1. The summed E-state index contributed by atoms with van der Waals surface area (Å²) < 4.78 is 5.69. The van der Waals surface area contributed by atoms with Gasteiger partial charge in [-0.05, 0) is 37.1 Å². The first-order valence-corrected chi connectivity index (χ1v) is 12.4. The quantitative estimate of drug-likeness (QED) is 0.495. The van der Waals surface area contributed by atoms with Gasteiger partial charge in [0.1, 0.15) is 0 Å².